The summed E-state index contributed by atoms with van der Waals surface area (Å²) in [6.07, 6.45) is 0.320. The van der Waals surface area contributed by atoms with Crippen LogP contribution in [0.1, 0.15) is 26.0 Å². The minimum Gasteiger partial charge on any atom is -0.480 e. The van der Waals surface area contributed by atoms with Gasteiger partial charge in [-0.25, -0.2) is 9.48 Å². The predicted octanol–water partition coefficient (Wildman–Crippen LogP) is 1.39. The SMILES string of the molecule is CCC(Nc1c([N+](=O)[O-])c(C)nn1CC)C(=O)O. The van der Waals surface area contributed by atoms with Crippen LogP contribution in [0.15, 0.2) is 0 Å². The Kier molecular flexibility index (Phi) is 4.24. The highest BCUT2D eigenvalue weighted by Gasteiger charge is 2.28. The van der Waals surface area contributed by atoms with Gasteiger partial charge in [0, 0.05) is 6.54 Å². The molecule has 0 aliphatic heterocycles. The standard InChI is InChI=1S/C10H16N4O4/c1-4-7(10(15)16)11-9-8(14(17)18)6(3)12-13(9)5-2/h7,11H,4-5H2,1-3H3,(H,15,16). The highest BCUT2D eigenvalue weighted by atomic mass is 16.6. The first-order valence-electron chi connectivity index (χ1n) is 5.63. The number of carbonyl (C=O) groups is 1. The van der Waals surface area contributed by atoms with Gasteiger partial charge >= 0.3 is 11.7 Å². The smallest absolute Gasteiger partial charge is 0.333 e. The number of carboxylic acids is 1. The molecule has 1 heterocycles. The summed E-state index contributed by atoms with van der Waals surface area (Å²) in [5.41, 5.74) is 0.0983. The normalized spacial score (nSPS) is 12.2. The highest BCUT2D eigenvalue weighted by Crippen LogP contribution is 2.28. The highest BCUT2D eigenvalue weighted by molar-refractivity contribution is 5.78. The molecule has 8 heteroatoms. The van der Waals surface area contributed by atoms with Gasteiger partial charge in [0.05, 0.1) is 4.92 Å². The maximum Gasteiger partial charge on any atom is 0.333 e. The summed E-state index contributed by atoms with van der Waals surface area (Å²) in [4.78, 5) is 21.4. The minimum atomic E-state index is -1.05. The van der Waals surface area contributed by atoms with Crippen LogP contribution in [-0.2, 0) is 11.3 Å². The fourth-order valence-electron chi connectivity index (χ4n) is 1.67. The molecule has 0 radical (unpaired) electrons. The molecule has 0 aliphatic carbocycles. The Balaban J connectivity index is 3.20. The average molecular weight is 256 g/mol. The van der Waals surface area contributed by atoms with E-state index < -0.39 is 16.9 Å². The van der Waals surface area contributed by atoms with Gasteiger partial charge in [0.25, 0.3) is 0 Å². The third kappa shape index (κ3) is 2.58. The molecule has 1 aromatic heterocycles. The molecule has 0 bridgehead atoms. The molecular formula is C10H16N4O4. The van der Waals surface area contributed by atoms with Crippen LogP contribution in [0.5, 0.6) is 0 Å². The van der Waals surface area contributed by atoms with Crippen LogP contribution >= 0.6 is 0 Å². The largest absolute Gasteiger partial charge is 0.480 e. The zero-order valence-electron chi connectivity index (χ0n) is 10.5. The molecule has 0 aliphatic rings. The zero-order chi connectivity index (χ0) is 13.9. The van der Waals surface area contributed by atoms with Gasteiger partial charge in [-0.1, -0.05) is 6.92 Å². The van der Waals surface area contributed by atoms with Crippen LogP contribution in [0.4, 0.5) is 11.5 Å². The molecule has 100 valence electrons. The molecule has 1 rings (SSSR count). The molecule has 8 nitrogen and oxygen atoms in total. The van der Waals surface area contributed by atoms with E-state index in [-0.39, 0.29) is 17.2 Å². The predicted molar refractivity (Wildman–Crippen MR) is 64.6 cm³/mol. The first kappa shape index (κ1) is 13.9. The summed E-state index contributed by atoms with van der Waals surface area (Å²) >= 11 is 0. The molecule has 1 atom stereocenters. The maximum atomic E-state index is 11.0. The molecule has 0 saturated heterocycles. The van der Waals surface area contributed by atoms with Crippen LogP contribution < -0.4 is 5.32 Å². The molecule has 0 aromatic carbocycles. The lowest BCUT2D eigenvalue weighted by Gasteiger charge is -2.13. The molecule has 1 unspecified atom stereocenters. The third-order valence-electron chi connectivity index (χ3n) is 2.60. The van der Waals surface area contributed by atoms with Crippen molar-refractivity contribution >= 4 is 17.5 Å². The van der Waals surface area contributed by atoms with Gasteiger partial charge in [0.2, 0.25) is 5.82 Å². The van der Waals surface area contributed by atoms with Gasteiger partial charge in [0.1, 0.15) is 11.7 Å². The molecule has 0 fully saturated rings. The van der Waals surface area contributed by atoms with Gasteiger partial charge in [-0.05, 0) is 20.3 Å². The number of nitrogens with one attached hydrogen (secondary N) is 1. The van der Waals surface area contributed by atoms with Crippen LogP contribution in [-0.4, -0.2) is 31.8 Å². The van der Waals surface area contributed by atoms with Crippen LogP contribution in [0.25, 0.3) is 0 Å². The van der Waals surface area contributed by atoms with Crippen molar-refractivity contribution in [3.8, 4) is 0 Å². The first-order valence-corrected chi connectivity index (χ1v) is 5.63. The summed E-state index contributed by atoms with van der Waals surface area (Å²) in [5.74, 6) is -0.900. The second-order valence-corrected chi connectivity index (χ2v) is 3.80. The first-order chi connectivity index (χ1) is 8.42. The van der Waals surface area contributed by atoms with E-state index in [1.165, 1.54) is 11.6 Å². The summed E-state index contributed by atoms with van der Waals surface area (Å²) in [6, 6.07) is -0.870. The van der Waals surface area contributed by atoms with Gasteiger partial charge in [-0.2, -0.15) is 5.10 Å². The van der Waals surface area contributed by atoms with E-state index in [2.05, 4.69) is 10.4 Å². The van der Waals surface area contributed by atoms with E-state index in [9.17, 15) is 14.9 Å². The average Bonchev–Trinajstić information content (AvgIpc) is 2.61. The minimum absolute atomic E-state index is 0.147. The number of rotatable bonds is 6. The van der Waals surface area contributed by atoms with Crippen molar-refractivity contribution in [2.45, 2.75) is 39.8 Å². The van der Waals surface area contributed by atoms with E-state index in [0.29, 0.717) is 13.0 Å². The van der Waals surface area contributed by atoms with Crippen molar-refractivity contribution in [1.82, 2.24) is 9.78 Å². The Morgan fingerprint density at radius 1 is 1.61 bits per heavy atom. The van der Waals surface area contributed by atoms with E-state index in [1.54, 1.807) is 13.8 Å². The van der Waals surface area contributed by atoms with Crippen molar-refractivity contribution in [1.29, 1.82) is 0 Å². The van der Waals surface area contributed by atoms with E-state index in [1.807, 2.05) is 0 Å². The van der Waals surface area contributed by atoms with Gasteiger partial charge < -0.3 is 10.4 Å². The summed E-state index contributed by atoms with van der Waals surface area (Å²) < 4.78 is 1.40. The molecule has 1 aromatic rings. The van der Waals surface area contributed by atoms with Crippen molar-refractivity contribution in [2.24, 2.45) is 0 Å². The number of nitrogens with zero attached hydrogens (tertiary/aromatic N) is 3. The Labute approximate surface area is 104 Å². The number of nitro groups is 1. The van der Waals surface area contributed by atoms with E-state index in [0.717, 1.165) is 0 Å². The van der Waals surface area contributed by atoms with E-state index >= 15 is 0 Å². The Hall–Kier alpha value is -2.12. The van der Waals surface area contributed by atoms with Crippen LogP contribution in [0.3, 0.4) is 0 Å². The number of hydrogen-bond donors (Lipinski definition) is 2. The topological polar surface area (TPSA) is 110 Å². The number of aromatic nitrogens is 2. The van der Waals surface area contributed by atoms with Crippen molar-refractivity contribution in [2.75, 3.05) is 5.32 Å². The lowest BCUT2D eigenvalue weighted by molar-refractivity contribution is -0.384. The van der Waals surface area contributed by atoms with E-state index in [4.69, 9.17) is 5.11 Å². The summed E-state index contributed by atoms with van der Waals surface area (Å²) in [6.45, 7) is 5.42. The Morgan fingerprint density at radius 3 is 2.61 bits per heavy atom. The molecular weight excluding hydrogens is 240 g/mol. The van der Waals surface area contributed by atoms with Gasteiger partial charge in [0.15, 0.2) is 0 Å². The Morgan fingerprint density at radius 2 is 2.22 bits per heavy atom. The number of carboxylic acid groups (broad SMARTS) is 1. The Bertz CT molecular complexity index is 469. The zero-order valence-corrected chi connectivity index (χ0v) is 10.5. The fraction of sp³-hybridized carbons (Fsp3) is 0.600. The molecule has 0 saturated carbocycles. The number of aryl methyl sites for hydroxylation is 2. The molecule has 18 heavy (non-hydrogen) atoms. The fourth-order valence-corrected chi connectivity index (χ4v) is 1.67. The summed E-state index contributed by atoms with van der Waals surface area (Å²) in [5, 5.41) is 26.6. The van der Waals surface area contributed by atoms with Gasteiger partial charge in [-0.3, -0.25) is 10.1 Å². The van der Waals surface area contributed by atoms with Crippen molar-refractivity contribution in [3.63, 3.8) is 0 Å². The van der Waals surface area contributed by atoms with Crippen molar-refractivity contribution < 1.29 is 14.8 Å². The van der Waals surface area contributed by atoms with Gasteiger partial charge in [-0.15, -0.1) is 0 Å². The number of aliphatic carboxylic acids is 1. The number of hydrogen-bond acceptors (Lipinski definition) is 5. The quantitative estimate of drug-likeness (QED) is 0.587. The lowest BCUT2D eigenvalue weighted by atomic mass is 10.2. The second kappa shape index (κ2) is 5.48. The second-order valence-electron chi connectivity index (χ2n) is 3.80. The maximum absolute atomic E-state index is 11.0. The monoisotopic (exact) mass is 256 g/mol. The molecule has 0 spiro atoms. The summed E-state index contributed by atoms with van der Waals surface area (Å²) in [7, 11) is 0. The van der Waals surface area contributed by atoms with Crippen LogP contribution in [0, 0.1) is 17.0 Å². The molecule has 2 N–H and O–H groups in total. The lowest BCUT2D eigenvalue weighted by Crippen LogP contribution is -2.29. The third-order valence-corrected chi connectivity index (χ3v) is 2.60. The molecule has 0 amide bonds. The number of anilines is 1. The van der Waals surface area contributed by atoms with Crippen LogP contribution in [0.2, 0.25) is 0 Å². The van der Waals surface area contributed by atoms with Crippen molar-refractivity contribution in [3.05, 3.63) is 15.8 Å².